The molecule has 28 heavy (non-hydrogen) atoms. The van der Waals surface area contributed by atoms with Gasteiger partial charge in [0.25, 0.3) is 0 Å². The third-order valence-electron chi connectivity index (χ3n) is 4.20. The number of nitrogens with one attached hydrogen (secondary N) is 2. The van der Waals surface area contributed by atoms with Crippen molar-refractivity contribution in [1.82, 2.24) is 19.5 Å². The molecular formula is C19H21N7OS. The molecule has 0 atom stereocenters. The van der Waals surface area contributed by atoms with Gasteiger partial charge in [-0.05, 0) is 29.6 Å². The predicted octanol–water partition coefficient (Wildman–Crippen LogP) is 3.09. The molecule has 0 bridgehead atoms. The van der Waals surface area contributed by atoms with Gasteiger partial charge in [-0.25, -0.2) is 4.98 Å². The smallest absolute Gasteiger partial charge is 0.231 e. The van der Waals surface area contributed by atoms with E-state index in [2.05, 4.69) is 20.6 Å². The van der Waals surface area contributed by atoms with Gasteiger partial charge >= 0.3 is 0 Å². The van der Waals surface area contributed by atoms with Crippen LogP contribution in [0, 0.1) is 0 Å². The minimum absolute atomic E-state index is 0.00434. The number of benzene rings is 1. The molecule has 0 aliphatic heterocycles. The van der Waals surface area contributed by atoms with Gasteiger partial charge in [0.2, 0.25) is 5.95 Å². The quantitative estimate of drug-likeness (QED) is 0.443. The lowest BCUT2D eigenvalue weighted by molar-refractivity contribution is 0.311. The molecular weight excluding hydrogens is 374 g/mol. The fourth-order valence-corrected chi connectivity index (χ4v) is 3.46. The zero-order valence-electron chi connectivity index (χ0n) is 15.6. The molecule has 3 N–H and O–H groups in total. The van der Waals surface area contributed by atoms with Crippen molar-refractivity contribution in [2.45, 2.75) is 0 Å². The topological polar surface area (TPSA) is 91.1 Å². The highest BCUT2D eigenvalue weighted by atomic mass is 32.1. The Bertz CT molecular complexity index is 1080. The third kappa shape index (κ3) is 3.62. The van der Waals surface area contributed by atoms with Crippen LogP contribution in [0.25, 0.3) is 16.9 Å². The number of aliphatic hydroxyl groups excluding tert-OH is 1. The molecule has 0 fully saturated rings. The van der Waals surface area contributed by atoms with E-state index >= 15 is 0 Å². The van der Waals surface area contributed by atoms with E-state index in [0.717, 1.165) is 17.1 Å². The van der Waals surface area contributed by atoms with Gasteiger partial charge < -0.3 is 20.6 Å². The van der Waals surface area contributed by atoms with Crippen molar-refractivity contribution < 1.29 is 5.11 Å². The number of imidazole rings is 1. The molecule has 0 amide bonds. The zero-order valence-corrected chi connectivity index (χ0v) is 16.4. The van der Waals surface area contributed by atoms with E-state index in [1.165, 1.54) is 0 Å². The highest BCUT2D eigenvalue weighted by Gasteiger charge is 2.15. The monoisotopic (exact) mass is 395 g/mol. The zero-order chi connectivity index (χ0) is 19.5. The van der Waals surface area contributed by atoms with E-state index in [4.69, 9.17) is 4.98 Å². The SMILES string of the molecule is CN(C)c1cccc(Nc2nc(NCCO)c3ncn(-c4ccsc4)c3n2)c1. The Hall–Kier alpha value is -3.17. The van der Waals surface area contributed by atoms with E-state index in [1.807, 2.05) is 64.7 Å². The molecule has 0 saturated carbocycles. The van der Waals surface area contributed by atoms with Gasteiger partial charge in [-0.3, -0.25) is 4.57 Å². The molecule has 0 aliphatic carbocycles. The van der Waals surface area contributed by atoms with Gasteiger partial charge in [0.05, 0.1) is 12.3 Å². The number of anilines is 4. The van der Waals surface area contributed by atoms with Crippen molar-refractivity contribution in [3.05, 3.63) is 47.4 Å². The third-order valence-corrected chi connectivity index (χ3v) is 4.87. The Morgan fingerprint density at radius 1 is 1.21 bits per heavy atom. The van der Waals surface area contributed by atoms with E-state index < -0.39 is 0 Å². The van der Waals surface area contributed by atoms with Crippen LogP contribution in [0.1, 0.15) is 0 Å². The maximum Gasteiger partial charge on any atom is 0.231 e. The van der Waals surface area contributed by atoms with E-state index in [1.54, 1.807) is 17.7 Å². The summed E-state index contributed by atoms with van der Waals surface area (Å²) in [5.74, 6) is 1.04. The second-order valence-corrected chi connectivity index (χ2v) is 7.16. The predicted molar refractivity (Wildman–Crippen MR) is 114 cm³/mol. The first-order chi connectivity index (χ1) is 13.7. The summed E-state index contributed by atoms with van der Waals surface area (Å²) in [5, 5.41) is 19.7. The fraction of sp³-hybridized carbons (Fsp3) is 0.211. The summed E-state index contributed by atoms with van der Waals surface area (Å²) < 4.78 is 1.93. The molecule has 3 aromatic heterocycles. The molecule has 0 radical (unpaired) electrons. The van der Waals surface area contributed by atoms with Crippen molar-refractivity contribution in [2.75, 3.05) is 42.8 Å². The Kier molecular flexibility index (Phi) is 5.09. The molecule has 0 aliphatic rings. The summed E-state index contributed by atoms with van der Waals surface area (Å²) in [6, 6.07) is 10.0. The van der Waals surface area contributed by atoms with Crippen LogP contribution in [0.2, 0.25) is 0 Å². The molecule has 0 spiro atoms. The summed E-state index contributed by atoms with van der Waals surface area (Å²) in [6.07, 6.45) is 1.74. The first-order valence-electron chi connectivity index (χ1n) is 8.82. The standard InChI is InChI=1S/C19H21N7OS/c1-25(2)14-5-3-4-13(10-14)22-19-23-17(20-7-8-27)16-18(24-19)26(12-21-16)15-6-9-28-11-15/h3-6,9-12,27H,7-8H2,1-2H3,(H2,20,22,23,24). The number of aromatic nitrogens is 4. The van der Waals surface area contributed by atoms with Crippen molar-refractivity contribution in [3.63, 3.8) is 0 Å². The Morgan fingerprint density at radius 3 is 2.86 bits per heavy atom. The summed E-state index contributed by atoms with van der Waals surface area (Å²) in [4.78, 5) is 15.8. The molecule has 144 valence electrons. The van der Waals surface area contributed by atoms with Gasteiger partial charge in [-0.15, -0.1) is 0 Å². The van der Waals surface area contributed by atoms with Crippen LogP contribution in [0.15, 0.2) is 47.4 Å². The molecule has 0 unspecified atom stereocenters. The molecule has 3 heterocycles. The first kappa shape index (κ1) is 18.2. The summed E-state index contributed by atoms with van der Waals surface area (Å²) in [5.41, 5.74) is 4.32. The van der Waals surface area contributed by atoms with Crippen LogP contribution in [0.5, 0.6) is 0 Å². The van der Waals surface area contributed by atoms with E-state index in [-0.39, 0.29) is 6.61 Å². The average molecular weight is 395 g/mol. The number of hydrogen-bond donors (Lipinski definition) is 3. The van der Waals surface area contributed by atoms with Crippen LogP contribution in [0.3, 0.4) is 0 Å². The average Bonchev–Trinajstić information content (AvgIpc) is 3.35. The van der Waals surface area contributed by atoms with E-state index in [9.17, 15) is 5.11 Å². The fourth-order valence-electron chi connectivity index (χ4n) is 2.83. The van der Waals surface area contributed by atoms with Crippen molar-refractivity contribution in [2.24, 2.45) is 0 Å². The maximum absolute atomic E-state index is 9.19. The lowest BCUT2D eigenvalue weighted by atomic mass is 10.2. The summed E-state index contributed by atoms with van der Waals surface area (Å²) in [6.45, 7) is 0.386. The van der Waals surface area contributed by atoms with Crippen LogP contribution in [-0.4, -0.2) is 51.9 Å². The van der Waals surface area contributed by atoms with Gasteiger partial charge in [0.15, 0.2) is 17.0 Å². The van der Waals surface area contributed by atoms with Crippen LogP contribution < -0.4 is 15.5 Å². The molecule has 4 aromatic rings. The van der Waals surface area contributed by atoms with Crippen molar-refractivity contribution in [1.29, 1.82) is 0 Å². The number of hydrogen-bond acceptors (Lipinski definition) is 8. The molecule has 8 nitrogen and oxygen atoms in total. The summed E-state index contributed by atoms with van der Waals surface area (Å²) in [7, 11) is 4.00. The number of aliphatic hydroxyl groups is 1. The number of nitrogens with zero attached hydrogens (tertiary/aromatic N) is 5. The Balaban J connectivity index is 1.77. The van der Waals surface area contributed by atoms with Crippen molar-refractivity contribution >= 4 is 45.6 Å². The van der Waals surface area contributed by atoms with E-state index in [0.29, 0.717) is 29.5 Å². The van der Waals surface area contributed by atoms with Gasteiger partial charge in [-0.1, -0.05) is 6.07 Å². The highest BCUT2D eigenvalue weighted by molar-refractivity contribution is 7.08. The normalized spacial score (nSPS) is 11.0. The minimum Gasteiger partial charge on any atom is -0.395 e. The van der Waals surface area contributed by atoms with Crippen molar-refractivity contribution in [3.8, 4) is 5.69 Å². The number of fused-ring (bicyclic) bond motifs is 1. The van der Waals surface area contributed by atoms with Gasteiger partial charge in [0, 0.05) is 37.4 Å². The van der Waals surface area contributed by atoms with Crippen LogP contribution in [-0.2, 0) is 0 Å². The highest BCUT2D eigenvalue weighted by Crippen LogP contribution is 2.26. The lowest BCUT2D eigenvalue weighted by Gasteiger charge is -2.14. The molecule has 4 rings (SSSR count). The van der Waals surface area contributed by atoms with Crippen LogP contribution in [0.4, 0.5) is 23.1 Å². The summed E-state index contributed by atoms with van der Waals surface area (Å²) >= 11 is 1.61. The Morgan fingerprint density at radius 2 is 2.11 bits per heavy atom. The first-order valence-corrected chi connectivity index (χ1v) is 9.77. The largest absolute Gasteiger partial charge is 0.395 e. The van der Waals surface area contributed by atoms with Crippen LogP contribution >= 0.6 is 11.3 Å². The van der Waals surface area contributed by atoms with Gasteiger partial charge in [0.1, 0.15) is 6.33 Å². The number of thiophene rings is 1. The molecule has 0 saturated heterocycles. The van der Waals surface area contributed by atoms with Gasteiger partial charge in [-0.2, -0.15) is 21.3 Å². The lowest BCUT2D eigenvalue weighted by Crippen LogP contribution is -2.10. The molecule has 1 aromatic carbocycles. The maximum atomic E-state index is 9.19. The minimum atomic E-state index is 0.00434. The molecule has 9 heteroatoms. The second kappa shape index (κ2) is 7.83. The Labute approximate surface area is 166 Å². The second-order valence-electron chi connectivity index (χ2n) is 6.38. The number of rotatable bonds is 7.